The minimum absolute atomic E-state index is 0.298. The second kappa shape index (κ2) is 6.69. The summed E-state index contributed by atoms with van der Waals surface area (Å²) in [5.74, 6) is 0.878. The summed E-state index contributed by atoms with van der Waals surface area (Å²) >= 11 is 0. The lowest BCUT2D eigenvalue weighted by Gasteiger charge is -2.22. The van der Waals surface area contributed by atoms with Gasteiger partial charge in [0, 0.05) is 13.6 Å². The van der Waals surface area contributed by atoms with Crippen LogP contribution in [0.15, 0.2) is 0 Å². The van der Waals surface area contributed by atoms with Crippen molar-refractivity contribution in [3.05, 3.63) is 0 Å². The van der Waals surface area contributed by atoms with E-state index in [1.807, 2.05) is 6.92 Å². The molecule has 112 valence electrons. The number of aliphatic hydroxyl groups is 1. The Labute approximate surface area is 119 Å². The molecule has 0 radical (unpaired) electrons. The molecule has 0 spiro atoms. The Morgan fingerprint density at radius 1 is 1.20 bits per heavy atom. The minimum atomic E-state index is -0.642. The summed E-state index contributed by atoms with van der Waals surface area (Å²) in [7, 11) is 1.74. The molecule has 3 N–H and O–H groups in total. The first-order valence-electron chi connectivity index (χ1n) is 7.18. The summed E-state index contributed by atoms with van der Waals surface area (Å²) in [4.78, 5) is 12.5. The molecule has 1 aromatic rings. The van der Waals surface area contributed by atoms with E-state index in [1.165, 1.54) is 0 Å². The first-order valence-corrected chi connectivity index (χ1v) is 7.18. The molecule has 1 saturated carbocycles. The van der Waals surface area contributed by atoms with Crippen molar-refractivity contribution < 1.29 is 9.84 Å². The molecule has 2 rings (SSSR count). The van der Waals surface area contributed by atoms with Crippen LogP contribution in [0.25, 0.3) is 0 Å². The van der Waals surface area contributed by atoms with Crippen molar-refractivity contribution in [3.63, 3.8) is 0 Å². The van der Waals surface area contributed by atoms with E-state index in [2.05, 4.69) is 25.6 Å². The standard InChI is InChI=1S/C13H23N5O2/c1-3-8-20-12-17-10(14-2)16-11(18-12)15-9-13(19)6-4-5-7-13/h19H,3-9H2,1-2H3,(H2,14,15,16,17,18). The fourth-order valence-electron chi connectivity index (χ4n) is 2.26. The lowest BCUT2D eigenvalue weighted by atomic mass is 10.0. The molecule has 0 saturated heterocycles. The van der Waals surface area contributed by atoms with Crippen LogP contribution in [-0.4, -0.2) is 45.9 Å². The number of hydrogen-bond acceptors (Lipinski definition) is 7. The number of hydrogen-bond donors (Lipinski definition) is 3. The summed E-state index contributed by atoms with van der Waals surface area (Å²) < 4.78 is 5.43. The Balaban J connectivity index is 2.01. The third-order valence-electron chi connectivity index (χ3n) is 3.38. The monoisotopic (exact) mass is 281 g/mol. The van der Waals surface area contributed by atoms with Gasteiger partial charge in [0.05, 0.1) is 12.2 Å². The summed E-state index contributed by atoms with van der Waals surface area (Å²) in [6, 6.07) is 0.298. The molecule has 0 amide bonds. The van der Waals surface area contributed by atoms with Gasteiger partial charge in [-0.05, 0) is 19.3 Å². The second-order valence-corrected chi connectivity index (χ2v) is 5.15. The smallest absolute Gasteiger partial charge is 0.323 e. The average Bonchev–Trinajstić information content (AvgIpc) is 2.90. The predicted octanol–water partition coefficient (Wildman–Crippen LogP) is 1.42. The Kier molecular flexibility index (Phi) is 4.94. The first-order chi connectivity index (χ1) is 9.65. The highest BCUT2D eigenvalue weighted by atomic mass is 16.5. The Morgan fingerprint density at radius 2 is 1.90 bits per heavy atom. The van der Waals surface area contributed by atoms with Gasteiger partial charge in [0.15, 0.2) is 0 Å². The molecule has 0 bridgehead atoms. The van der Waals surface area contributed by atoms with Crippen LogP contribution in [0.2, 0.25) is 0 Å². The van der Waals surface area contributed by atoms with Crippen molar-refractivity contribution in [2.45, 2.75) is 44.6 Å². The molecule has 1 aliphatic rings. The van der Waals surface area contributed by atoms with Crippen molar-refractivity contribution in [1.82, 2.24) is 15.0 Å². The summed E-state index contributed by atoms with van der Waals surface area (Å²) in [5, 5.41) is 16.3. The number of ether oxygens (including phenoxy) is 1. The van der Waals surface area contributed by atoms with E-state index in [0.29, 0.717) is 31.1 Å². The third-order valence-corrected chi connectivity index (χ3v) is 3.38. The van der Waals surface area contributed by atoms with E-state index in [-0.39, 0.29) is 0 Å². The molecule has 0 aliphatic heterocycles. The number of aromatic nitrogens is 3. The van der Waals surface area contributed by atoms with E-state index in [4.69, 9.17) is 4.74 Å². The number of nitrogens with zero attached hydrogens (tertiary/aromatic N) is 3. The highest BCUT2D eigenvalue weighted by molar-refractivity contribution is 5.35. The SMILES string of the molecule is CCCOc1nc(NC)nc(NCC2(O)CCCC2)n1. The van der Waals surface area contributed by atoms with Gasteiger partial charge in [-0.3, -0.25) is 0 Å². The van der Waals surface area contributed by atoms with E-state index in [0.717, 1.165) is 32.1 Å². The molecule has 1 fully saturated rings. The molecular weight excluding hydrogens is 258 g/mol. The van der Waals surface area contributed by atoms with Crippen molar-refractivity contribution >= 4 is 11.9 Å². The van der Waals surface area contributed by atoms with Gasteiger partial charge in [-0.15, -0.1) is 0 Å². The van der Waals surface area contributed by atoms with Crippen molar-refractivity contribution in [2.24, 2.45) is 0 Å². The van der Waals surface area contributed by atoms with Crippen LogP contribution in [-0.2, 0) is 0 Å². The lowest BCUT2D eigenvalue weighted by Crippen LogP contribution is -2.34. The van der Waals surface area contributed by atoms with Gasteiger partial charge in [0.2, 0.25) is 11.9 Å². The zero-order valence-corrected chi connectivity index (χ0v) is 12.1. The maximum atomic E-state index is 10.3. The highest BCUT2D eigenvalue weighted by Crippen LogP contribution is 2.29. The topological polar surface area (TPSA) is 92.2 Å². The van der Waals surface area contributed by atoms with E-state index in [9.17, 15) is 5.11 Å². The second-order valence-electron chi connectivity index (χ2n) is 5.15. The summed E-state index contributed by atoms with van der Waals surface area (Å²) in [6.45, 7) is 3.04. The van der Waals surface area contributed by atoms with Crippen molar-refractivity contribution in [1.29, 1.82) is 0 Å². The number of nitrogens with one attached hydrogen (secondary N) is 2. The molecule has 20 heavy (non-hydrogen) atoms. The normalized spacial score (nSPS) is 16.9. The van der Waals surface area contributed by atoms with Gasteiger partial charge >= 0.3 is 6.01 Å². The Hall–Kier alpha value is -1.63. The van der Waals surface area contributed by atoms with E-state index >= 15 is 0 Å². The maximum absolute atomic E-state index is 10.3. The van der Waals surface area contributed by atoms with Crippen LogP contribution >= 0.6 is 0 Å². The van der Waals surface area contributed by atoms with Crippen LogP contribution in [0.5, 0.6) is 6.01 Å². The van der Waals surface area contributed by atoms with Gasteiger partial charge in [-0.25, -0.2) is 0 Å². The van der Waals surface area contributed by atoms with Gasteiger partial charge in [-0.2, -0.15) is 15.0 Å². The fraction of sp³-hybridized carbons (Fsp3) is 0.769. The highest BCUT2D eigenvalue weighted by Gasteiger charge is 2.31. The first kappa shape index (κ1) is 14.8. The molecule has 1 aliphatic carbocycles. The summed E-state index contributed by atoms with van der Waals surface area (Å²) in [5.41, 5.74) is -0.642. The zero-order chi connectivity index (χ0) is 14.4. The molecule has 7 heteroatoms. The number of rotatable bonds is 7. The quantitative estimate of drug-likeness (QED) is 0.696. The van der Waals surface area contributed by atoms with Crippen LogP contribution in [0, 0.1) is 0 Å². The zero-order valence-electron chi connectivity index (χ0n) is 12.1. The van der Waals surface area contributed by atoms with Crippen LogP contribution in [0.3, 0.4) is 0 Å². The molecule has 1 aromatic heterocycles. The lowest BCUT2D eigenvalue weighted by molar-refractivity contribution is 0.0612. The fourth-order valence-corrected chi connectivity index (χ4v) is 2.26. The molecule has 7 nitrogen and oxygen atoms in total. The van der Waals surface area contributed by atoms with E-state index in [1.54, 1.807) is 7.05 Å². The Bertz CT molecular complexity index is 435. The van der Waals surface area contributed by atoms with E-state index < -0.39 is 5.60 Å². The van der Waals surface area contributed by atoms with Gasteiger partial charge in [0.25, 0.3) is 0 Å². The molecule has 1 heterocycles. The van der Waals surface area contributed by atoms with Crippen LogP contribution in [0.1, 0.15) is 39.0 Å². The molecule has 0 atom stereocenters. The van der Waals surface area contributed by atoms with Gasteiger partial charge < -0.3 is 20.5 Å². The van der Waals surface area contributed by atoms with Crippen LogP contribution < -0.4 is 15.4 Å². The van der Waals surface area contributed by atoms with Crippen LogP contribution in [0.4, 0.5) is 11.9 Å². The summed E-state index contributed by atoms with van der Waals surface area (Å²) in [6.07, 6.45) is 4.68. The van der Waals surface area contributed by atoms with Crippen molar-refractivity contribution in [2.75, 3.05) is 30.8 Å². The van der Waals surface area contributed by atoms with Crippen molar-refractivity contribution in [3.8, 4) is 6.01 Å². The minimum Gasteiger partial charge on any atom is -0.463 e. The number of anilines is 2. The van der Waals surface area contributed by atoms with Gasteiger partial charge in [-0.1, -0.05) is 19.8 Å². The Morgan fingerprint density at radius 3 is 2.55 bits per heavy atom. The average molecular weight is 281 g/mol. The third kappa shape index (κ3) is 3.93. The molecule has 0 aromatic carbocycles. The van der Waals surface area contributed by atoms with Gasteiger partial charge in [0.1, 0.15) is 0 Å². The molecule has 0 unspecified atom stereocenters. The molecular formula is C13H23N5O2. The maximum Gasteiger partial charge on any atom is 0.323 e. The predicted molar refractivity (Wildman–Crippen MR) is 77.1 cm³/mol. The largest absolute Gasteiger partial charge is 0.463 e.